The summed E-state index contributed by atoms with van der Waals surface area (Å²) in [6.07, 6.45) is 5.51. The molecule has 3 rings (SSSR count). The average molecular weight is 295 g/mol. The van der Waals surface area contributed by atoms with Crippen LogP contribution in [0.25, 0.3) is 10.9 Å². The summed E-state index contributed by atoms with van der Waals surface area (Å²) in [7, 11) is 0. The number of nitrogens with zero attached hydrogens (tertiary/aromatic N) is 1. The maximum atomic E-state index is 12.0. The molecule has 1 aliphatic carbocycles. The molecule has 108 valence electrons. The van der Waals surface area contributed by atoms with Crippen molar-refractivity contribution in [3.63, 3.8) is 0 Å². The highest BCUT2D eigenvalue weighted by Gasteiger charge is 2.25. The normalized spacial score (nSPS) is 21.6. The van der Waals surface area contributed by atoms with Crippen molar-refractivity contribution in [3.8, 4) is 0 Å². The first-order valence-electron chi connectivity index (χ1n) is 6.71. The zero-order chi connectivity index (χ0) is 13.2. The molecular formula is C14H19ClN4O. The number of nitrogens with one attached hydrogen (secondary N) is 2. The van der Waals surface area contributed by atoms with Crippen LogP contribution in [0.3, 0.4) is 0 Å². The van der Waals surface area contributed by atoms with Gasteiger partial charge in [0.05, 0.1) is 11.7 Å². The Balaban J connectivity index is 0.00000147. The fourth-order valence-electron chi connectivity index (χ4n) is 2.79. The molecule has 6 heteroatoms. The van der Waals surface area contributed by atoms with Gasteiger partial charge in [-0.15, -0.1) is 12.4 Å². The number of benzene rings is 1. The van der Waals surface area contributed by atoms with Gasteiger partial charge in [0.1, 0.15) is 0 Å². The first kappa shape index (κ1) is 14.8. The van der Waals surface area contributed by atoms with Crippen LogP contribution in [0.15, 0.2) is 24.4 Å². The summed E-state index contributed by atoms with van der Waals surface area (Å²) in [5.74, 6) is 0.378. The van der Waals surface area contributed by atoms with Crippen LogP contribution in [0.2, 0.25) is 0 Å². The summed E-state index contributed by atoms with van der Waals surface area (Å²) in [6, 6.07) is 5.90. The molecule has 0 bridgehead atoms. The lowest BCUT2D eigenvalue weighted by Gasteiger charge is -2.14. The third-order valence-electron chi connectivity index (χ3n) is 3.89. The zero-order valence-electron chi connectivity index (χ0n) is 11.1. The third kappa shape index (κ3) is 3.11. The number of aromatic amines is 1. The lowest BCUT2D eigenvalue weighted by Crippen LogP contribution is -2.28. The Hall–Kier alpha value is -1.59. The van der Waals surface area contributed by atoms with Gasteiger partial charge in [-0.05, 0) is 37.0 Å². The number of amides is 1. The standard InChI is InChI=1S/C14H18N4O.ClH/c15-12-3-1-2-9(12)7-14(19)17-11-4-5-13-10(6-11)8-16-18-13;/h4-6,8-9,12H,1-3,7,15H2,(H,16,18)(H,17,19);1H/t9-,12+;/m0./s1. The van der Waals surface area contributed by atoms with Gasteiger partial charge in [-0.1, -0.05) is 6.42 Å². The average Bonchev–Trinajstić information content (AvgIpc) is 2.98. The van der Waals surface area contributed by atoms with E-state index in [0.717, 1.165) is 35.9 Å². The second-order valence-corrected chi connectivity index (χ2v) is 5.28. The molecule has 2 atom stereocenters. The number of H-pyrrole nitrogens is 1. The van der Waals surface area contributed by atoms with Gasteiger partial charge in [-0.3, -0.25) is 9.89 Å². The summed E-state index contributed by atoms with van der Waals surface area (Å²) in [5, 5.41) is 10.8. The van der Waals surface area contributed by atoms with Crippen LogP contribution in [0, 0.1) is 5.92 Å². The highest BCUT2D eigenvalue weighted by molar-refractivity contribution is 5.93. The van der Waals surface area contributed by atoms with Crippen molar-refractivity contribution in [1.29, 1.82) is 0 Å². The Morgan fingerprint density at radius 1 is 1.45 bits per heavy atom. The van der Waals surface area contributed by atoms with Crippen molar-refractivity contribution in [1.82, 2.24) is 10.2 Å². The lowest BCUT2D eigenvalue weighted by molar-refractivity contribution is -0.117. The molecule has 1 aliphatic rings. The van der Waals surface area contributed by atoms with Gasteiger partial charge in [0.2, 0.25) is 5.91 Å². The molecule has 1 amide bonds. The van der Waals surface area contributed by atoms with Crippen LogP contribution >= 0.6 is 12.4 Å². The highest BCUT2D eigenvalue weighted by Crippen LogP contribution is 2.27. The van der Waals surface area contributed by atoms with E-state index in [-0.39, 0.29) is 24.4 Å². The minimum Gasteiger partial charge on any atom is -0.327 e. The molecule has 5 nitrogen and oxygen atoms in total. The van der Waals surface area contributed by atoms with E-state index >= 15 is 0 Å². The van der Waals surface area contributed by atoms with Crippen LogP contribution in [0.1, 0.15) is 25.7 Å². The predicted octanol–water partition coefficient (Wildman–Crippen LogP) is 2.44. The Morgan fingerprint density at radius 3 is 3.05 bits per heavy atom. The smallest absolute Gasteiger partial charge is 0.224 e. The molecule has 0 radical (unpaired) electrons. The largest absolute Gasteiger partial charge is 0.327 e. The number of halogens is 1. The quantitative estimate of drug-likeness (QED) is 0.813. The number of hydrogen-bond acceptors (Lipinski definition) is 3. The maximum absolute atomic E-state index is 12.0. The van der Waals surface area contributed by atoms with Gasteiger partial charge in [0.15, 0.2) is 0 Å². The van der Waals surface area contributed by atoms with Crippen molar-refractivity contribution in [2.45, 2.75) is 31.7 Å². The minimum atomic E-state index is 0. The SMILES string of the molecule is Cl.N[C@@H]1CCC[C@H]1CC(=O)Nc1ccc2[nH]ncc2c1. The molecule has 4 N–H and O–H groups in total. The molecule has 1 saturated carbocycles. The van der Waals surface area contributed by atoms with Crippen molar-refractivity contribution >= 4 is 34.9 Å². The van der Waals surface area contributed by atoms with Crippen molar-refractivity contribution in [3.05, 3.63) is 24.4 Å². The Bertz CT molecular complexity index is 598. The fourth-order valence-corrected chi connectivity index (χ4v) is 2.79. The molecule has 1 fully saturated rings. The number of carbonyl (C=O) groups is 1. The van der Waals surface area contributed by atoms with Crippen LogP contribution in [-0.4, -0.2) is 22.1 Å². The van der Waals surface area contributed by atoms with Crippen molar-refractivity contribution in [2.75, 3.05) is 5.32 Å². The first-order chi connectivity index (χ1) is 9.22. The van der Waals surface area contributed by atoms with E-state index in [9.17, 15) is 4.79 Å². The van der Waals surface area contributed by atoms with E-state index in [1.54, 1.807) is 6.20 Å². The number of aromatic nitrogens is 2. The van der Waals surface area contributed by atoms with Gasteiger partial charge in [-0.25, -0.2) is 0 Å². The van der Waals surface area contributed by atoms with Gasteiger partial charge >= 0.3 is 0 Å². The van der Waals surface area contributed by atoms with Crippen LogP contribution < -0.4 is 11.1 Å². The van der Waals surface area contributed by atoms with E-state index in [0.29, 0.717) is 12.3 Å². The number of anilines is 1. The van der Waals surface area contributed by atoms with Gasteiger partial charge < -0.3 is 11.1 Å². The Kier molecular flexibility index (Phi) is 4.62. The van der Waals surface area contributed by atoms with E-state index < -0.39 is 0 Å². The predicted molar refractivity (Wildman–Crippen MR) is 81.9 cm³/mol. The summed E-state index contributed by atoms with van der Waals surface area (Å²) in [6.45, 7) is 0. The highest BCUT2D eigenvalue weighted by atomic mass is 35.5. The number of rotatable bonds is 3. The molecular weight excluding hydrogens is 276 g/mol. The van der Waals surface area contributed by atoms with Crippen molar-refractivity contribution in [2.24, 2.45) is 11.7 Å². The van der Waals surface area contributed by atoms with Crippen LogP contribution in [-0.2, 0) is 4.79 Å². The van der Waals surface area contributed by atoms with Crippen LogP contribution in [0.5, 0.6) is 0 Å². The zero-order valence-corrected chi connectivity index (χ0v) is 12.0. The Morgan fingerprint density at radius 2 is 2.30 bits per heavy atom. The number of nitrogens with two attached hydrogens (primary N) is 1. The summed E-state index contributed by atoms with van der Waals surface area (Å²) >= 11 is 0. The molecule has 0 saturated heterocycles. The number of fused-ring (bicyclic) bond motifs is 1. The van der Waals surface area contributed by atoms with E-state index in [1.165, 1.54) is 0 Å². The second kappa shape index (κ2) is 6.24. The Labute approximate surface area is 123 Å². The minimum absolute atomic E-state index is 0. The lowest BCUT2D eigenvalue weighted by atomic mass is 10.00. The van der Waals surface area contributed by atoms with Gasteiger partial charge in [0, 0.05) is 23.5 Å². The summed E-state index contributed by atoms with van der Waals surface area (Å²) < 4.78 is 0. The fraction of sp³-hybridized carbons (Fsp3) is 0.429. The first-order valence-corrected chi connectivity index (χ1v) is 6.71. The van der Waals surface area contributed by atoms with E-state index in [2.05, 4.69) is 15.5 Å². The molecule has 1 heterocycles. The molecule has 1 aromatic carbocycles. The third-order valence-corrected chi connectivity index (χ3v) is 3.89. The van der Waals surface area contributed by atoms with Crippen molar-refractivity contribution < 1.29 is 4.79 Å². The summed E-state index contributed by atoms with van der Waals surface area (Å²) in [5.41, 5.74) is 7.77. The number of carbonyl (C=O) groups excluding carboxylic acids is 1. The molecule has 20 heavy (non-hydrogen) atoms. The summed E-state index contributed by atoms with van der Waals surface area (Å²) in [4.78, 5) is 12.0. The topological polar surface area (TPSA) is 83.8 Å². The van der Waals surface area contributed by atoms with Gasteiger partial charge in [-0.2, -0.15) is 5.10 Å². The molecule has 1 aromatic heterocycles. The monoisotopic (exact) mass is 294 g/mol. The van der Waals surface area contributed by atoms with Gasteiger partial charge in [0.25, 0.3) is 0 Å². The number of hydrogen-bond donors (Lipinski definition) is 3. The van der Waals surface area contributed by atoms with E-state index in [1.807, 2.05) is 18.2 Å². The molecule has 0 spiro atoms. The second-order valence-electron chi connectivity index (χ2n) is 5.28. The maximum Gasteiger partial charge on any atom is 0.224 e. The molecule has 2 aromatic rings. The molecule has 0 aliphatic heterocycles. The van der Waals surface area contributed by atoms with Crippen LogP contribution in [0.4, 0.5) is 5.69 Å². The molecule has 0 unspecified atom stereocenters. The van der Waals surface area contributed by atoms with E-state index in [4.69, 9.17) is 5.73 Å².